The minimum Gasteiger partial charge on any atom is -0.339 e. The summed E-state index contributed by atoms with van der Waals surface area (Å²) < 4.78 is 0. The van der Waals surface area contributed by atoms with E-state index in [9.17, 15) is 10.1 Å². The molecule has 0 spiro atoms. The highest BCUT2D eigenvalue weighted by Crippen LogP contribution is 1.64. The Hall–Kier alpha value is -1.73. The van der Waals surface area contributed by atoms with Gasteiger partial charge < -0.3 is 10.1 Å². The monoisotopic (exact) mass is 130 g/mol. The van der Waals surface area contributed by atoms with Gasteiger partial charge in [0.25, 0.3) is 0 Å². The summed E-state index contributed by atoms with van der Waals surface area (Å²) in [6.07, 6.45) is 1.08. The van der Waals surface area contributed by atoms with Gasteiger partial charge in [-0.2, -0.15) is 0 Å². The van der Waals surface area contributed by atoms with Crippen LogP contribution in [0.1, 0.15) is 0 Å². The van der Waals surface area contributed by atoms with Crippen molar-refractivity contribution in [3.8, 4) is 0 Å². The maximum absolute atomic E-state index is 9.63. The first-order valence-corrected chi connectivity index (χ1v) is 1.93. The quantitative estimate of drug-likeness (QED) is 0.382. The molecule has 0 aromatic carbocycles. The molecule has 0 atom stereocenters. The van der Waals surface area contributed by atoms with Crippen LogP contribution in [0.4, 0.5) is 0 Å². The summed E-state index contributed by atoms with van der Waals surface area (Å²) in [5.41, 5.74) is 1.64. The molecule has 48 valence electrons. The zero-order chi connectivity index (χ0) is 6.69. The van der Waals surface area contributed by atoms with E-state index in [0.29, 0.717) is 4.91 Å². The fraction of sp³-hybridized carbons (Fsp3) is 0. The summed E-state index contributed by atoms with van der Waals surface area (Å²) in [5, 5.41) is 18.5. The largest absolute Gasteiger partial charge is 0.339 e. The number of nitrogens with one attached hydrogen (secondary N) is 1. The minimum absolute atomic E-state index is 0.639. The minimum atomic E-state index is -0.790. The van der Waals surface area contributed by atoms with E-state index in [1.807, 2.05) is 0 Å². The SMILES string of the molecule is O=[N+]([O-])Nn1ncnn1. The van der Waals surface area contributed by atoms with Gasteiger partial charge in [0.15, 0.2) is 6.33 Å². The maximum Gasteiger partial charge on any atom is 0.190 e. The van der Waals surface area contributed by atoms with Crippen molar-refractivity contribution >= 4 is 0 Å². The predicted octanol–water partition coefficient (Wildman–Crippen LogP) is -1.59. The Morgan fingerprint density at radius 2 is 2.56 bits per heavy atom. The summed E-state index contributed by atoms with van der Waals surface area (Å²) in [7, 11) is 0. The van der Waals surface area contributed by atoms with Crippen LogP contribution in [0, 0.1) is 10.1 Å². The van der Waals surface area contributed by atoms with Crippen LogP contribution in [0.15, 0.2) is 6.33 Å². The van der Waals surface area contributed by atoms with E-state index in [1.165, 1.54) is 0 Å². The molecule has 9 heavy (non-hydrogen) atoms. The van der Waals surface area contributed by atoms with Crippen LogP contribution >= 0.6 is 0 Å². The first-order valence-electron chi connectivity index (χ1n) is 1.93. The van der Waals surface area contributed by atoms with Crippen LogP contribution in [-0.2, 0) is 0 Å². The van der Waals surface area contributed by atoms with Crippen molar-refractivity contribution in [3.63, 3.8) is 0 Å². The Bertz CT molecular complexity index is 191. The van der Waals surface area contributed by atoms with Gasteiger partial charge in [0.05, 0.1) is 15.2 Å². The lowest BCUT2D eigenvalue weighted by molar-refractivity contribution is -0.464. The molecule has 0 amide bonds. The lowest BCUT2D eigenvalue weighted by atomic mass is 11.4. The van der Waals surface area contributed by atoms with Crippen LogP contribution in [0.5, 0.6) is 0 Å². The number of aromatic nitrogens is 4. The molecule has 0 unspecified atom stereocenters. The molecule has 0 bridgehead atoms. The third-order valence-electron chi connectivity index (χ3n) is 0.520. The van der Waals surface area contributed by atoms with Gasteiger partial charge in [0.1, 0.15) is 0 Å². The van der Waals surface area contributed by atoms with E-state index < -0.39 is 5.03 Å². The molecule has 0 fully saturated rings. The van der Waals surface area contributed by atoms with Crippen molar-refractivity contribution < 1.29 is 5.03 Å². The molecule has 0 aliphatic rings. The van der Waals surface area contributed by atoms with Gasteiger partial charge >= 0.3 is 0 Å². The Labute approximate surface area is 48.6 Å². The zero-order valence-electron chi connectivity index (χ0n) is 4.13. The number of nitro groups is 1. The van der Waals surface area contributed by atoms with Crippen molar-refractivity contribution in [2.24, 2.45) is 0 Å². The molecular formula is CH2N6O2. The first kappa shape index (κ1) is 5.41. The third-order valence-corrected chi connectivity index (χ3v) is 0.520. The second-order valence-electron chi connectivity index (χ2n) is 1.08. The standard InChI is InChI=1S/CH2N6O2/c8-7(9)5-6-3-1-2-4-6/h1,5H. The van der Waals surface area contributed by atoms with E-state index in [1.54, 1.807) is 5.53 Å². The molecule has 1 heterocycles. The second-order valence-corrected chi connectivity index (χ2v) is 1.08. The van der Waals surface area contributed by atoms with Gasteiger partial charge in [-0.25, -0.2) is 0 Å². The van der Waals surface area contributed by atoms with Crippen molar-refractivity contribution in [1.82, 2.24) is 20.3 Å². The van der Waals surface area contributed by atoms with Gasteiger partial charge in [0, 0.05) is 0 Å². The molecule has 1 rings (SSSR count). The Morgan fingerprint density at radius 3 is 3.00 bits per heavy atom. The summed E-state index contributed by atoms with van der Waals surface area (Å²) >= 11 is 0. The average molecular weight is 130 g/mol. The van der Waals surface area contributed by atoms with E-state index in [-0.39, 0.29) is 0 Å². The molecule has 0 aliphatic heterocycles. The van der Waals surface area contributed by atoms with Crippen LogP contribution in [0.3, 0.4) is 0 Å². The molecular weight excluding hydrogens is 128 g/mol. The number of nitrogens with zero attached hydrogens (tertiary/aromatic N) is 5. The molecule has 8 nitrogen and oxygen atoms in total. The number of hydrazine groups is 1. The van der Waals surface area contributed by atoms with E-state index in [2.05, 4.69) is 15.4 Å². The van der Waals surface area contributed by atoms with Crippen LogP contribution in [0.2, 0.25) is 0 Å². The third kappa shape index (κ3) is 1.33. The van der Waals surface area contributed by atoms with Crippen molar-refractivity contribution in [3.05, 3.63) is 16.4 Å². The van der Waals surface area contributed by atoms with Gasteiger partial charge in [0.2, 0.25) is 0 Å². The lowest BCUT2D eigenvalue weighted by Crippen LogP contribution is -2.23. The van der Waals surface area contributed by atoms with Crippen molar-refractivity contribution in [2.45, 2.75) is 0 Å². The van der Waals surface area contributed by atoms with Crippen LogP contribution in [0.25, 0.3) is 0 Å². The summed E-state index contributed by atoms with van der Waals surface area (Å²) in [4.78, 5) is 10.3. The summed E-state index contributed by atoms with van der Waals surface area (Å²) in [6, 6.07) is 0. The zero-order valence-corrected chi connectivity index (χ0v) is 4.13. The molecule has 0 radical (unpaired) electrons. The highest BCUT2D eigenvalue weighted by Gasteiger charge is 1.96. The molecule has 1 N–H and O–H groups in total. The molecule has 8 heteroatoms. The summed E-state index contributed by atoms with van der Waals surface area (Å²) in [6.45, 7) is 0. The van der Waals surface area contributed by atoms with E-state index in [4.69, 9.17) is 0 Å². The van der Waals surface area contributed by atoms with Crippen molar-refractivity contribution in [1.29, 1.82) is 0 Å². The summed E-state index contributed by atoms with van der Waals surface area (Å²) in [5.74, 6) is 0. The van der Waals surface area contributed by atoms with E-state index >= 15 is 0 Å². The number of hydrogen-bond donors (Lipinski definition) is 1. The van der Waals surface area contributed by atoms with Crippen LogP contribution in [-0.4, -0.2) is 25.3 Å². The fourth-order valence-corrected chi connectivity index (χ4v) is 0.286. The average Bonchev–Trinajstić information content (AvgIpc) is 2.15. The number of hydrogen-bond acceptors (Lipinski definition) is 5. The molecule has 0 aliphatic carbocycles. The van der Waals surface area contributed by atoms with Gasteiger partial charge in [-0.1, -0.05) is 5.10 Å². The molecule has 0 saturated heterocycles. The molecule has 0 saturated carbocycles. The maximum atomic E-state index is 9.63. The topological polar surface area (TPSA) is 98.8 Å². The van der Waals surface area contributed by atoms with Gasteiger partial charge in [-0.15, -0.1) is 0 Å². The van der Waals surface area contributed by atoms with E-state index in [0.717, 1.165) is 6.33 Å². The molecule has 1 aromatic rings. The molecule has 1 aromatic heterocycles. The predicted molar refractivity (Wildman–Crippen MR) is 24.2 cm³/mol. The highest BCUT2D eigenvalue weighted by atomic mass is 16.7. The Kier molecular flexibility index (Phi) is 1.22. The Morgan fingerprint density at radius 1 is 1.78 bits per heavy atom. The number of rotatable bonds is 2. The highest BCUT2D eigenvalue weighted by molar-refractivity contribution is 4.39. The van der Waals surface area contributed by atoms with Gasteiger partial charge in [-0.05, 0) is 10.6 Å². The normalized spacial score (nSPS) is 8.89. The lowest BCUT2D eigenvalue weighted by Gasteiger charge is -1.88. The number of tetrazole rings is 1. The fourth-order valence-electron chi connectivity index (χ4n) is 0.286. The van der Waals surface area contributed by atoms with Gasteiger partial charge in [-0.3, -0.25) is 0 Å². The Balaban J connectivity index is 2.58. The van der Waals surface area contributed by atoms with Crippen LogP contribution < -0.4 is 5.53 Å². The first-order chi connectivity index (χ1) is 4.29. The van der Waals surface area contributed by atoms with Crippen molar-refractivity contribution in [2.75, 3.05) is 5.53 Å². The smallest absolute Gasteiger partial charge is 0.190 e. The second kappa shape index (κ2) is 2.03.